The molecule has 2 aliphatic rings. The molecule has 0 amide bonds. The van der Waals surface area contributed by atoms with Gasteiger partial charge in [-0.3, -0.25) is 0 Å². The molecule has 1 aromatic carbocycles. The first kappa shape index (κ1) is 22.3. The van der Waals surface area contributed by atoms with Crippen LogP contribution in [-0.4, -0.2) is 40.5 Å². The summed E-state index contributed by atoms with van der Waals surface area (Å²) in [5.74, 6) is 1.86. The van der Waals surface area contributed by atoms with E-state index >= 15 is 0 Å². The Balaban J connectivity index is 1.36. The van der Waals surface area contributed by atoms with Crippen molar-refractivity contribution >= 4 is 17.3 Å². The van der Waals surface area contributed by atoms with Crippen molar-refractivity contribution in [1.29, 1.82) is 0 Å². The van der Waals surface area contributed by atoms with E-state index in [1.54, 1.807) is 0 Å². The predicted molar refractivity (Wildman–Crippen MR) is 131 cm³/mol. The number of hydrogen-bond donors (Lipinski definition) is 2. The minimum Gasteiger partial charge on any atom is -0.489 e. The Kier molecular flexibility index (Phi) is 7.77. The Morgan fingerprint density at radius 3 is 2.91 bits per heavy atom. The molecule has 1 aliphatic heterocycles. The number of aromatic nitrogens is 2. The number of rotatable bonds is 9. The summed E-state index contributed by atoms with van der Waals surface area (Å²) in [6.07, 6.45) is 12.2. The number of hydrogen-bond acceptors (Lipinski definition) is 6. The molecule has 169 valence electrons. The number of nitrogen functional groups attached to an aromatic ring is 1. The molecule has 3 N–H and O–H groups in total. The first-order valence-corrected chi connectivity index (χ1v) is 11.7. The van der Waals surface area contributed by atoms with Crippen LogP contribution in [-0.2, 0) is 11.3 Å². The van der Waals surface area contributed by atoms with E-state index in [0.717, 1.165) is 54.3 Å². The lowest BCUT2D eigenvalue weighted by atomic mass is 10.0. The fourth-order valence-electron chi connectivity index (χ4n) is 4.32. The van der Waals surface area contributed by atoms with Gasteiger partial charge >= 0.3 is 0 Å². The molecular formula is C26H34N5O. The number of nitrogens with two attached hydrogens (primary N) is 1. The monoisotopic (exact) mass is 432 g/mol. The largest absolute Gasteiger partial charge is 0.489 e. The van der Waals surface area contributed by atoms with Crippen LogP contribution in [0.5, 0.6) is 0 Å². The predicted octanol–water partition coefficient (Wildman–Crippen LogP) is 4.83. The lowest BCUT2D eigenvalue weighted by Gasteiger charge is -2.33. The van der Waals surface area contributed by atoms with Crippen LogP contribution in [0.2, 0.25) is 0 Å². The Labute approximate surface area is 191 Å². The van der Waals surface area contributed by atoms with Crippen molar-refractivity contribution in [3.63, 3.8) is 0 Å². The van der Waals surface area contributed by atoms with Crippen molar-refractivity contribution in [1.82, 2.24) is 14.9 Å². The van der Waals surface area contributed by atoms with E-state index in [9.17, 15) is 0 Å². The number of anilines is 2. The summed E-state index contributed by atoms with van der Waals surface area (Å²) in [5, 5.41) is 3.44. The maximum atomic E-state index is 6.14. The Hall–Kier alpha value is -2.86. The van der Waals surface area contributed by atoms with Gasteiger partial charge in [0, 0.05) is 30.8 Å². The SMILES string of the molecule is CC1CCCCN1CCCNc1cc(C2=C[CH]CC=C2OCc2ccccc2)nc(N)n1. The molecule has 2 aromatic rings. The van der Waals surface area contributed by atoms with Crippen LogP contribution >= 0.6 is 0 Å². The zero-order valence-corrected chi connectivity index (χ0v) is 19.0. The summed E-state index contributed by atoms with van der Waals surface area (Å²) in [5.41, 5.74) is 8.90. The van der Waals surface area contributed by atoms with E-state index in [0.29, 0.717) is 12.6 Å². The minimum atomic E-state index is 0.267. The number of piperidine rings is 1. The van der Waals surface area contributed by atoms with E-state index in [2.05, 4.69) is 57.8 Å². The molecule has 0 saturated carbocycles. The van der Waals surface area contributed by atoms with Crippen molar-refractivity contribution < 1.29 is 4.74 Å². The van der Waals surface area contributed by atoms with Crippen molar-refractivity contribution in [2.45, 2.75) is 51.7 Å². The third-order valence-corrected chi connectivity index (χ3v) is 6.11. The normalized spacial score (nSPS) is 19.2. The van der Waals surface area contributed by atoms with Gasteiger partial charge in [0.2, 0.25) is 5.95 Å². The molecule has 1 atom stereocenters. The summed E-state index contributed by atoms with van der Waals surface area (Å²) in [6, 6.07) is 12.8. The van der Waals surface area contributed by atoms with Gasteiger partial charge in [0.15, 0.2) is 0 Å². The third-order valence-electron chi connectivity index (χ3n) is 6.11. The fourth-order valence-corrected chi connectivity index (χ4v) is 4.32. The van der Waals surface area contributed by atoms with Gasteiger partial charge in [0.05, 0.1) is 5.69 Å². The highest BCUT2D eigenvalue weighted by Gasteiger charge is 2.18. The molecule has 0 spiro atoms. The topological polar surface area (TPSA) is 76.3 Å². The summed E-state index contributed by atoms with van der Waals surface area (Å²) < 4.78 is 6.14. The number of nitrogens with one attached hydrogen (secondary N) is 1. The molecule has 6 nitrogen and oxygen atoms in total. The minimum absolute atomic E-state index is 0.267. The number of benzene rings is 1. The van der Waals surface area contributed by atoms with Crippen LogP contribution in [0.3, 0.4) is 0 Å². The maximum absolute atomic E-state index is 6.14. The van der Waals surface area contributed by atoms with E-state index in [1.807, 2.05) is 24.3 Å². The van der Waals surface area contributed by atoms with Crippen molar-refractivity contribution in [3.8, 4) is 0 Å². The van der Waals surface area contributed by atoms with Gasteiger partial charge < -0.3 is 20.7 Å². The molecule has 4 rings (SSSR count). The Morgan fingerprint density at radius 2 is 2.06 bits per heavy atom. The molecule has 1 aliphatic carbocycles. The van der Waals surface area contributed by atoms with E-state index in [4.69, 9.17) is 10.5 Å². The van der Waals surface area contributed by atoms with Crippen LogP contribution in [0.1, 0.15) is 50.3 Å². The first-order chi connectivity index (χ1) is 15.7. The first-order valence-electron chi connectivity index (χ1n) is 11.7. The number of ether oxygens (including phenoxy) is 1. The molecule has 0 bridgehead atoms. The highest BCUT2D eigenvalue weighted by atomic mass is 16.5. The van der Waals surface area contributed by atoms with Crippen molar-refractivity contribution in [3.05, 3.63) is 72.0 Å². The number of nitrogens with zero attached hydrogens (tertiary/aromatic N) is 3. The highest BCUT2D eigenvalue weighted by molar-refractivity contribution is 5.78. The fraction of sp³-hybridized carbons (Fsp3) is 0.423. The van der Waals surface area contributed by atoms with Crippen molar-refractivity contribution in [2.24, 2.45) is 0 Å². The molecule has 1 unspecified atom stereocenters. The maximum Gasteiger partial charge on any atom is 0.222 e. The Morgan fingerprint density at radius 1 is 1.19 bits per heavy atom. The smallest absolute Gasteiger partial charge is 0.222 e. The highest BCUT2D eigenvalue weighted by Crippen LogP contribution is 2.30. The molecule has 32 heavy (non-hydrogen) atoms. The molecule has 1 saturated heterocycles. The van der Waals surface area contributed by atoms with Gasteiger partial charge in [-0.05, 0) is 57.2 Å². The van der Waals surface area contributed by atoms with Crippen molar-refractivity contribution in [2.75, 3.05) is 30.7 Å². The van der Waals surface area contributed by atoms with Crippen LogP contribution in [0, 0.1) is 6.42 Å². The van der Waals surface area contributed by atoms with E-state index in [-0.39, 0.29) is 5.95 Å². The van der Waals surface area contributed by atoms with E-state index in [1.165, 1.54) is 25.8 Å². The van der Waals surface area contributed by atoms with Crippen LogP contribution in [0.15, 0.2) is 54.3 Å². The third kappa shape index (κ3) is 6.10. The molecule has 1 radical (unpaired) electrons. The average molecular weight is 433 g/mol. The molecule has 2 heterocycles. The number of likely N-dealkylation sites (tertiary alicyclic amines) is 1. The summed E-state index contributed by atoms with van der Waals surface area (Å²) in [6.45, 7) is 6.04. The van der Waals surface area contributed by atoms with Gasteiger partial charge in [-0.25, -0.2) is 4.98 Å². The second-order valence-electron chi connectivity index (χ2n) is 8.55. The summed E-state index contributed by atoms with van der Waals surface area (Å²) in [4.78, 5) is 11.5. The van der Waals surface area contributed by atoms with Gasteiger partial charge in [-0.15, -0.1) is 0 Å². The second kappa shape index (κ2) is 11.1. The second-order valence-corrected chi connectivity index (χ2v) is 8.55. The molecule has 6 heteroatoms. The van der Waals surface area contributed by atoms with Gasteiger partial charge in [-0.2, -0.15) is 4.98 Å². The summed E-state index contributed by atoms with van der Waals surface area (Å²) in [7, 11) is 0. The van der Waals surface area contributed by atoms with Crippen LogP contribution < -0.4 is 11.1 Å². The molecule has 1 aromatic heterocycles. The van der Waals surface area contributed by atoms with Crippen LogP contribution in [0.25, 0.3) is 5.57 Å². The lowest BCUT2D eigenvalue weighted by Crippen LogP contribution is -2.38. The average Bonchev–Trinajstić information content (AvgIpc) is 2.82. The zero-order chi connectivity index (χ0) is 22.2. The van der Waals surface area contributed by atoms with Gasteiger partial charge in [0.25, 0.3) is 0 Å². The standard InChI is InChI=1S/C26H34N5O/c1-20-10-7-8-16-31(20)17-9-15-28-25-18-23(29-26(27)30-25)22-13-5-6-14-24(22)32-19-21-11-3-2-4-12-21/h2-5,11-14,18,20H,6-10,15-17,19H2,1H3,(H3,27,28,29,30). The van der Waals surface area contributed by atoms with Crippen LogP contribution in [0.4, 0.5) is 11.8 Å². The van der Waals surface area contributed by atoms with Gasteiger partial charge in [0.1, 0.15) is 18.2 Å². The van der Waals surface area contributed by atoms with Gasteiger partial charge in [-0.1, -0.05) is 42.8 Å². The molecule has 1 fully saturated rings. The molecular weight excluding hydrogens is 398 g/mol. The van der Waals surface area contributed by atoms with E-state index < -0.39 is 0 Å². The quantitative estimate of drug-likeness (QED) is 0.553. The number of allylic oxidation sites excluding steroid dienone is 3. The summed E-state index contributed by atoms with van der Waals surface area (Å²) >= 11 is 0. The zero-order valence-electron chi connectivity index (χ0n) is 19.0. The lowest BCUT2D eigenvalue weighted by molar-refractivity contribution is 0.160. The Bertz CT molecular complexity index is 940.